The lowest BCUT2D eigenvalue weighted by Gasteiger charge is -2.06. The van der Waals surface area contributed by atoms with Crippen LogP contribution in [-0.4, -0.2) is 28.3 Å². The minimum Gasteiger partial charge on any atom is -0.315 e. The Morgan fingerprint density at radius 2 is 2.00 bits per heavy atom. The fourth-order valence-corrected chi connectivity index (χ4v) is 2.08. The van der Waals surface area contributed by atoms with Gasteiger partial charge in [-0.3, -0.25) is 4.21 Å². The van der Waals surface area contributed by atoms with Gasteiger partial charge in [-0.25, -0.2) is 0 Å². The van der Waals surface area contributed by atoms with E-state index in [0.717, 1.165) is 30.9 Å². The third kappa shape index (κ3) is 8.21. The van der Waals surface area contributed by atoms with Crippen molar-refractivity contribution >= 4 is 10.8 Å². The largest absolute Gasteiger partial charge is 0.315 e. The van der Waals surface area contributed by atoms with Gasteiger partial charge in [0.25, 0.3) is 0 Å². The first kappa shape index (κ1) is 12.1. The molecule has 12 heavy (non-hydrogen) atoms. The molecule has 0 aromatic rings. The van der Waals surface area contributed by atoms with Crippen LogP contribution in [-0.2, 0) is 10.8 Å². The van der Waals surface area contributed by atoms with Gasteiger partial charge in [0.15, 0.2) is 0 Å². The lowest BCUT2D eigenvalue weighted by molar-refractivity contribution is 0.583. The molecule has 0 bridgehead atoms. The summed E-state index contributed by atoms with van der Waals surface area (Å²) in [6.07, 6.45) is 2.06. The van der Waals surface area contributed by atoms with E-state index in [9.17, 15) is 4.21 Å². The molecule has 1 unspecified atom stereocenters. The Morgan fingerprint density at radius 3 is 2.50 bits per heavy atom. The molecule has 0 aliphatic heterocycles. The van der Waals surface area contributed by atoms with Crippen LogP contribution >= 0.6 is 0 Å². The van der Waals surface area contributed by atoms with Gasteiger partial charge in [0.05, 0.1) is 0 Å². The summed E-state index contributed by atoms with van der Waals surface area (Å²) < 4.78 is 11.2. The zero-order chi connectivity index (χ0) is 9.40. The van der Waals surface area contributed by atoms with Crippen LogP contribution in [0.5, 0.6) is 0 Å². The number of nitrogens with one attached hydrogen (secondary N) is 1. The summed E-state index contributed by atoms with van der Waals surface area (Å²) in [6.45, 7) is 7.32. The van der Waals surface area contributed by atoms with Crippen molar-refractivity contribution in [2.75, 3.05) is 18.1 Å². The molecular formula is C9H21NOS. The third-order valence-electron chi connectivity index (χ3n) is 1.53. The fourth-order valence-electron chi connectivity index (χ4n) is 0.954. The molecule has 2 nitrogen and oxygen atoms in total. The zero-order valence-corrected chi connectivity index (χ0v) is 9.25. The number of hydrogen-bond acceptors (Lipinski definition) is 2. The van der Waals surface area contributed by atoms with E-state index in [1.807, 2.05) is 0 Å². The summed E-state index contributed by atoms with van der Waals surface area (Å²) in [4.78, 5) is 0. The van der Waals surface area contributed by atoms with Gasteiger partial charge in [-0.2, -0.15) is 0 Å². The van der Waals surface area contributed by atoms with Crippen molar-refractivity contribution in [3.8, 4) is 0 Å². The van der Waals surface area contributed by atoms with Crippen molar-refractivity contribution in [1.29, 1.82) is 0 Å². The Morgan fingerprint density at radius 1 is 1.33 bits per heavy atom. The average molecular weight is 191 g/mol. The van der Waals surface area contributed by atoms with Crippen molar-refractivity contribution in [3.63, 3.8) is 0 Å². The standard InChI is InChI=1S/C9H21NOS/c1-4-7-12(11)8-5-6-10-9(2)3/h9-10H,4-8H2,1-3H3. The van der Waals surface area contributed by atoms with Crippen LogP contribution in [0.25, 0.3) is 0 Å². The van der Waals surface area contributed by atoms with Gasteiger partial charge in [-0.05, 0) is 19.4 Å². The first-order chi connectivity index (χ1) is 5.66. The van der Waals surface area contributed by atoms with Crippen molar-refractivity contribution in [1.82, 2.24) is 5.32 Å². The topological polar surface area (TPSA) is 29.1 Å². The molecule has 0 spiro atoms. The van der Waals surface area contributed by atoms with Crippen molar-refractivity contribution in [3.05, 3.63) is 0 Å². The molecule has 0 aliphatic carbocycles. The number of hydrogen-bond donors (Lipinski definition) is 1. The second-order valence-electron chi connectivity index (χ2n) is 3.31. The summed E-state index contributed by atoms with van der Waals surface area (Å²) in [6, 6.07) is 0.546. The van der Waals surface area contributed by atoms with Gasteiger partial charge >= 0.3 is 0 Å². The molecular weight excluding hydrogens is 170 g/mol. The Kier molecular flexibility index (Phi) is 7.81. The van der Waals surface area contributed by atoms with Gasteiger partial charge in [0.2, 0.25) is 0 Å². The molecule has 0 saturated carbocycles. The van der Waals surface area contributed by atoms with Crippen LogP contribution in [0.1, 0.15) is 33.6 Å². The lowest BCUT2D eigenvalue weighted by atomic mass is 10.4. The summed E-state index contributed by atoms with van der Waals surface area (Å²) in [5, 5.41) is 3.31. The van der Waals surface area contributed by atoms with Crippen LogP contribution in [0.2, 0.25) is 0 Å². The monoisotopic (exact) mass is 191 g/mol. The fraction of sp³-hybridized carbons (Fsp3) is 1.00. The molecule has 74 valence electrons. The molecule has 1 atom stereocenters. The predicted octanol–water partition coefficient (Wildman–Crippen LogP) is 1.53. The smallest absolute Gasteiger partial charge is 0.0246 e. The van der Waals surface area contributed by atoms with E-state index in [1.165, 1.54) is 0 Å². The Bertz CT molecular complexity index is 126. The molecule has 1 N–H and O–H groups in total. The second kappa shape index (κ2) is 7.74. The van der Waals surface area contributed by atoms with Crippen molar-refractivity contribution in [2.45, 2.75) is 39.7 Å². The van der Waals surface area contributed by atoms with E-state index in [2.05, 4.69) is 26.1 Å². The quantitative estimate of drug-likeness (QED) is 0.618. The maximum absolute atomic E-state index is 11.2. The van der Waals surface area contributed by atoms with Crippen molar-refractivity contribution in [2.24, 2.45) is 0 Å². The third-order valence-corrected chi connectivity index (χ3v) is 3.14. The van der Waals surface area contributed by atoms with Crippen LogP contribution in [0.15, 0.2) is 0 Å². The van der Waals surface area contributed by atoms with E-state index in [4.69, 9.17) is 0 Å². The molecule has 0 radical (unpaired) electrons. The molecule has 0 fully saturated rings. The first-order valence-electron chi connectivity index (χ1n) is 4.75. The highest BCUT2D eigenvalue weighted by Gasteiger charge is 1.97. The van der Waals surface area contributed by atoms with Gasteiger partial charge in [0, 0.05) is 28.3 Å². The van der Waals surface area contributed by atoms with E-state index in [1.54, 1.807) is 0 Å². The lowest BCUT2D eigenvalue weighted by Crippen LogP contribution is -2.24. The first-order valence-corrected chi connectivity index (χ1v) is 6.24. The molecule has 3 heteroatoms. The molecule has 0 aromatic heterocycles. The van der Waals surface area contributed by atoms with Gasteiger partial charge in [0.1, 0.15) is 0 Å². The minimum atomic E-state index is -0.575. The second-order valence-corrected chi connectivity index (χ2v) is 5.01. The molecule has 0 saturated heterocycles. The van der Waals surface area contributed by atoms with Crippen LogP contribution in [0, 0.1) is 0 Å². The summed E-state index contributed by atoms with van der Waals surface area (Å²) >= 11 is 0. The molecule has 0 aliphatic rings. The Hall–Kier alpha value is 0.110. The Balaban J connectivity index is 3.14. The Labute approximate surface area is 78.6 Å². The normalized spacial score (nSPS) is 13.7. The zero-order valence-electron chi connectivity index (χ0n) is 8.43. The minimum absolute atomic E-state index is 0.546. The molecule has 0 rings (SSSR count). The van der Waals surface area contributed by atoms with Crippen molar-refractivity contribution < 1.29 is 4.21 Å². The highest BCUT2D eigenvalue weighted by molar-refractivity contribution is 7.84. The SMILES string of the molecule is CCCS(=O)CCCNC(C)C. The summed E-state index contributed by atoms with van der Waals surface area (Å²) in [5.41, 5.74) is 0. The van der Waals surface area contributed by atoms with E-state index in [-0.39, 0.29) is 0 Å². The predicted molar refractivity (Wildman–Crippen MR) is 55.9 cm³/mol. The van der Waals surface area contributed by atoms with Crippen LogP contribution in [0.4, 0.5) is 0 Å². The highest BCUT2D eigenvalue weighted by atomic mass is 32.2. The summed E-state index contributed by atoms with van der Waals surface area (Å²) in [5.74, 6) is 1.72. The maximum Gasteiger partial charge on any atom is 0.0246 e. The summed E-state index contributed by atoms with van der Waals surface area (Å²) in [7, 11) is -0.575. The van der Waals surface area contributed by atoms with Crippen LogP contribution < -0.4 is 5.32 Å². The van der Waals surface area contributed by atoms with E-state index >= 15 is 0 Å². The molecule has 0 aromatic carbocycles. The van der Waals surface area contributed by atoms with Gasteiger partial charge in [-0.15, -0.1) is 0 Å². The van der Waals surface area contributed by atoms with Gasteiger partial charge < -0.3 is 5.32 Å². The van der Waals surface area contributed by atoms with E-state index < -0.39 is 10.8 Å². The molecule has 0 amide bonds. The number of rotatable bonds is 7. The highest BCUT2D eigenvalue weighted by Crippen LogP contribution is 1.90. The average Bonchev–Trinajstić information content (AvgIpc) is 1.98. The van der Waals surface area contributed by atoms with E-state index in [0.29, 0.717) is 6.04 Å². The molecule has 0 heterocycles. The maximum atomic E-state index is 11.2. The van der Waals surface area contributed by atoms with Gasteiger partial charge in [-0.1, -0.05) is 20.8 Å². The van der Waals surface area contributed by atoms with Crippen LogP contribution in [0.3, 0.4) is 0 Å².